The van der Waals surface area contributed by atoms with Crippen molar-refractivity contribution in [1.29, 1.82) is 0 Å². The number of likely N-dealkylation sites (tertiary alicyclic amines) is 1. The fraction of sp³-hybridized carbons (Fsp3) is 1.00. The molecule has 0 saturated carbocycles. The number of piperidine rings is 1. The average Bonchev–Trinajstić information content (AvgIpc) is 2.27. The number of nitrogens with zero attached hydrogens (tertiary/aromatic N) is 1. The highest BCUT2D eigenvalue weighted by molar-refractivity contribution is 4.92. The Labute approximate surface area is 94.0 Å². The molecule has 0 aliphatic carbocycles. The molecule has 15 heavy (non-hydrogen) atoms. The van der Waals surface area contributed by atoms with Gasteiger partial charge in [0.25, 0.3) is 0 Å². The van der Waals surface area contributed by atoms with E-state index in [4.69, 9.17) is 10.5 Å². The predicted molar refractivity (Wildman–Crippen MR) is 64.0 cm³/mol. The zero-order chi connectivity index (χ0) is 11.3. The fourth-order valence-electron chi connectivity index (χ4n) is 2.15. The van der Waals surface area contributed by atoms with Crippen LogP contribution in [0.3, 0.4) is 0 Å². The van der Waals surface area contributed by atoms with E-state index in [-0.39, 0.29) is 11.6 Å². The van der Waals surface area contributed by atoms with E-state index in [1.54, 1.807) is 0 Å². The molecule has 1 unspecified atom stereocenters. The van der Waals surface area contributed by atoms with Crippen molar-refractivity contribution >= 4 is 0 Å². The summed E-state index contributed by atoms with van der Waals surface area (Å²) in [6, 6.07) is 0.107. The molecule has 0 aromatic heterocycles. The van der Waals surface area contributed by atoms with Crippen LogP contribution >= 0.6 is 0 Å². The Bertz CT molecular complexity index is 176. The quantitative estimate of drug-likeness (QED) is 0.755. The Hall–Kier alpha value is -0.120. The molecule has 3 nitrogen and oxygen atoms in total. The molecule has 0 aromatic rings. The van der Waals surface area contributed by atoms with Gasteiger partial charge in [0.15, 0.2) is 0 Å². The lowest BCUT2D eigenvalue weighted by atomic mass is 9.91. The topological polar surface area (TPSA) is 38.5 Å². The van der Waals surface area contributed by atoms with Crippen molar-refractivity contribution in [1.82, 2.24) is 4.90 Å². The van der Waals surface area contributed by atoms with Gasteiger partial charge in [-0.1, -0.05) is 6.42 Å². The van der Waals surface area contributed by atoms with Crippen LogP contribution in [0.5, 0.6) is 0 Å². The van der Waals surface area contributed by atoms with Crippen molar-refractivity contribution in [2.75, 3.05) is 26.3 Å². The van der Waals surface area contributed by atoms with Gasteiger partial charge in [-0.25, -0.2) is 0 Å². The second kappa shape index (κ2) is 5.83. The van der Waals surface area contributed by atoms with Crippen LogP contribution in [0.4, 0.5) is 0 Å². The number of hydrogen-bond donors (Lipinski definition) is 1. The second-order valence-electron chi connectivity index (χ2n) is 4.97. The SMILES string of the molecule is CCOCC(N)C(C)(C)N1CCCCC1. The third-order valence-electron chi connectivity index (χ3n) is 3.58. The molecule has 0 aromatic carbocycles. The van der Waals surface area contributed by atoms with Gasteiger partial charge in [0, 0.05) is 18.2 Å². The summed E-state index contributed by atoms with van der Waals surface area (Å²) in [7, 11) is 0. The summed E-state index contributed by atoms with van der Waals surface area (Å²) in [6.07, 6.45) is 3.99. The molecule has 1 heterocycles. The van der Waals surface area contributed by atoms with Crippen LogP contribution in [0.15, 0.2) is 0 Å². The highest BCUT2D eigenvalue weighted by Crippen LogP contribution is 2.22. The molecule has 1 rings (SSSR count). The summed E-state index contributed by atoms with van der Waals surface area (Å²) in [5.41, 5.74) is 6.27. The molecule has 1 saturated heterocycles. The molecule has 1 atom stereocenters. The zero-order valence-electron chi connectivity index (χ0n) is 10.5. The highest BCUT2D eigenvalue weighted by atomic mass is 16.5. The van der Waals surface area contributed by atoms with Gasteiger partial charge in [-0.3, -0.25) is 4.90 Å². The van der Waals surface area contributed by atoms with Gasteiger partial charge in [0.05, 0.1) is 6.61 Å². The minimum absolute atomic E-state index is 0.0651. The van der Waals surface area contributed by atoms with Crippen molar-refractivity contribution < 1.29 is 4.74 Å². The first-order valence-corrected chi connectivity index (χ1v) is 6.17. The third-order valence-corrected chi connectivity index (χ3v) is 3.58. The zero-order valence-corrected chi connectivity index (χ0v) is 10.5. The fourth-order valence-corrected chi connectivity index (χ4v) is 2.15. The van der Waals surface area contributed by atoms with Crippen molar-refractivity contribution in [3.05, 3.63) is 0 Å². The van der Waals surface area contributed by atoms with Crippen LogP contribution in [0.1, 0.15) is 40.0 Å². The van der Waals surface area contributed by atoms with Gasteiger partial charge in [-0.2, -0.15) is 0 Å². The summed E-state index contributed by atoms with van der Waals surface area (Å²) < 4.78 is 5.42. The van der Waals surface area contributed by atoms with Gasteiger partial charge in [0.1, 0.15) is 0 Å². The van der Waals surface area contributed by atoms with Crippen LogP contribution in [0.2, 0.25) is 0 Å². The first-order chi connectivity index (χ1) is 7.09. The van der Waals surface area contributed by atoms with Crippen molar-refractivity contribution in [3.63, 3.8) is 0 Å². The first kappa shape index (κ1) is 12.9. The number of hydrogen-bond acceptors (Lipinski definition) is 3. The van der Waals surface area contributed by atoms with Crippen LogP contribution < -0.4 is 5.73 Å². The molecule has 1 fully saturated rings. The van der Waals surface area contributed by atoms with E-state index >= 15 is 0 Å². The van der Waals surface area contributed by atoms with E-state index in [1.165, 1.54) is 32.4 Å². The first-order valence-electron chi connectivity index (χ1n) is 6.17. The van der Waals surface area contributed by atoms with Gasteiger partial charge in [-0.15, -0.1) is 0 Å². The summed E-state index contributed by atoms with van der Waals surface area (Å²) in [5.74, 6) is 0. The van der Waals surface area contributed by atoms with Gasteiger partial charge in [0.2, 0.25) is 0 Å². The number of ether oxygens (including phenoxy) is 1. The monoisotopic (exact) mass is 214 g/mol. The number of nitrogens with two attached hydrogens (primary N) is 1. The molecule has 3 heteroatoms. The van der Waals surface area contributed by atoms with Crippen molar-refractivity contribution in [3.8, 4) is 0 Å². The Morgan fingerprint density at radius 1 is 1.27 bits per heavy atom. The summed E-state index contributed by atoms with van der Waals surface area (Å²) in [5, 5.41) is 0. The van der Waals surface area contributed by atoms with E-state index in [1.807, 2.05) is 6.92 Å². The van der Waals surface area contributed by atoms with E-state index in [0.29, 0.717) is 6.61 Å². The Morgan fingerprint density at radius 3 is 2.40 bits per heavy atom. The molecule has 90 valence electrons. The third kappa shape index (κ3) is 3.44. The predicted octanol–water partition coefficient (Wildman–Crippen LogP) is 1.61. The number of rotatable bonds is 5. The van der Waals surface area contributed by atoms with E-state index < -0.39 is 0 Å². The largest absolute Gasteiger partial charge is 0.380 e. The smallest absolute Gasteiger partial charge is 0.0635 e. The Kier molecular flexibility index (Phi) is 5.03. The second-order valence-corrected chi connectivity index (χ2v) is 4.97. The molecular weight excluding hydrogens is 188 g/mol. The lowest BCUT2D eigenvalue weighted by Crippen LogP contribution is -2.59. The molecule has 1 aliphatic rings. The molecule has 0 bridgehead atoms. The van der Waals surface area contributed by atoms with Gasteiger partial charge in [-0.05, 0) is 46.7 Å². The Balaban J connectivity index is 2.46. The summed E-state index contributed by atoms with van der Waals surface area (Å²) >= 11 is 0. The lowest BCUT2D eigenvalue weighted by Gasteiger charge is -2.44. The normalized spacial score (nSPS) is 21.6. The summed E-state index contributed by atoms with van der Waals surface area (Å²) in [6.45, 7) is 10.3. The molecule has 0 spiro atoms. The maximum atomic E-state index is 6.20. The summed E-state index contributed by atoms with van der Waals surface area (Å²) in [4.78, 5) is 2.51. The molecule has 2 N–H and O–H groups in total. The standard InChI is InChI=1S/C12H26N2O/c1-4-15-10-11(13)12(2,3)14-8-6-5-7-9-14/h11H,4-10,13H2,1-3H3. The van der Waals surface area contributed by atoms with Crippen LogP contribution in [-0.4, -0.2) is 42.8 Å². The van der Waals surface area contributed by atoms with E-state index in [9.17, 15) is 0 Å². The molecule has 1 aliphatic heterocycles. The van der Waals surface area contributed by atoms with E-state index in [2.05, 4.69) is 18.7 Å². The minimum atomic E-state index is 0.0651. The molecule has 0 radical (unpaired) electrons. The van der Waals surface area contributed by atoms with E-state index in [0.717, 1.165) is 6.61 Å². The highest BCUT2D eigenvalue weighted by Gasteiger charge is 2.33. The maximum Gasteiger partial charge on any atom is 0.0635 e. The van der Waals surface area contributed by atoms with Crippen molar-refractivity contribution in [2.45, 2.75) is 51.6 Å². The maximum absolute atomic E-state index is 6.20. The van der Waals surface area contributed by atoms with Crippen LogP contribution in [0, 0.1) is 0 Å². The van der Waals surface area contributed by atoms with Crippen molar-refractivity contribution in [2.24, 2.45) is 5.73 Å². The van der Waals surface area contributed by atoms with Crippen LogP contribution in [-0.2, 0) is 4.74 Å². The Morgan fingerprint density at radius 2 is 1.87 bits per heavy atom. The van der Waals surface area contributed by atoms with Gasteiger partial charge < -0.3 is 10.5 Å². The minimum Gasteiger partial charge on any atom is -0.380 e. The van der Waals surface area contributed by atoms with Gasteiger partial charge >= 0.3 is 0 Å². The average molecular weight is 214 g/mol. The molecule has 0 amide bonds. The van der Waals surface area contributed by atoms with Crippen LogP contribution in [0.25, 0.3) is 0 Å². The molecular formula is C12H26N2O. The lowest BCUT2D eigenvalue weighted by molar-refractivity contribution is 0.0318.